The van der Waals surface area contributed by atoms with E-state index in [0.717, 1.165) is 28.7 Å². The van der Waals surface area contributed by atoms with Gasteiger partial charge in [0.2, 0.25) is 0 Å². The van der Waals surface area contributed by atoms with E-state index in [1.807, 2.05) is 60.0 Å². The molecule has 0 radical (unpaired) electrons. The molecular weight excluding hydrogens is 524 g/mol. The lowest BCUT2D eigenvalue weighted by atomic mass is 9.98. The minimum Gasteiger partial charge on any atom is -0.453 e. The summed E-state index contributed by atoms with van der Waals surface area (Å²) in [5, 5.41) is 14.7. The zero-order valence-electron chi connectivity index (χ0n) is 23.7. The molecule has 11 heteroatoms. The molecule has 216 valence electrons. The number of ether oxygens (including phenoxy) is 3. The summed E-state index contributed by atoms with van der Waals surface area (Å²) >= 11 is 0. The van der Waals surface area contributed by atoms with Gasteiger partial charge in [0.05, 0.1) is 0 Å². The number of esters is 1. The summed E-state index contributed by atoms with van der Waals surface area (Å²) in [6.07, 6.45) is 1.41. The number of hydrogen-bond acceptors (Lipinski definition) is 9. The Labute approximate surface area is 239 Å². The first kappa shape index (κ1) is 29.4. The second-order valence-electron chi connectivity index (χ2n) is 10.1. The van der Waals surface area contributed by atoms with Gasteiger partial charge in [0.15, 0.2) is 23.9 Å². The molecule has 11 nitrogen and oxygen atoms in total. The fraction of sp³-hybridized carbons (Fsp3) is 0.300. The number of imidazole rings is 1. The number of nitrogens with two attached hydrogens (primary N) is 2. The van der Waals surface area contributed by atoms with Crippen molar-refractivity contribution in [3.05, 3.63) is 101 Å². The van der Waals surface area contributed by atoms with E-state index in [1.54, 1.807) is 20.8 Å². The van der Waals surface area contributed by atoms with E-state index in [1.165, 1.54) is 0 Å². The quantitative estimate of drug-likeness (QED) is 0.0952. The lowest BCUT2D eigenvalue weighted by Gasteiger charge is -2.18. The summed E-state index contributed by atoms with van der Waals surface area (Å²) in [5.41, 5.74) is 5.09. The predicted octanol–water partition coefficient (Wildman–Crippen LogP) is 3.77. The fourth-order valence-electron chi connectivity index (χ4n) is 4.60. The summed E-state index contributed by atoms with van der Waals surface area (Å²) in [4.78, 5) is 18.2. The van der Waals surface area contributed by atoms with Crippen molar-refractivity contribution >= 4 is 11.8 Å². The number of amidine groups is 1. The number of aromatic nitrogens is 2. The van der Waals surface area contributed by atoms with Crippen LogP contribution < -0.4 is 17.1 Å². The number of nitrogens with one attached hydrogen (secondary N) is 1. The van der Waals surface area contributed by atoms with Gasteiger partial charge >= 0.3 is 5.97 Å². The lowest BCUT2D eigenvalue weighted by Crippen LogP contribution is -2.32. The van der Waals surface area contributed by atoms with Crippen LogP contribution in [0.5, 0.6) is 0 Å². The first-order valence-electron chi connectivity index (χ1n) is 13.2. The summed E-state index contributed by atoms with van der Waals surface area (Å²) in [6.45, 7) is 10.7. The highest BCUT2D eigenvalue weighted by atomic mass is 16.7. The largest absolute Gasteiger partial charge is 0.453 e. The molecular formula is C30H36N6O5. The Balaban J connectivity index is 1.68. The van der Waals surface area contributed by atoms with Crippen LogP contribution in [0.2, 0.25) is 0 Å². The summed E-state index contributed by atoms with van der Waals surface area (Å²) in [7, 11) is 0. The third kappa shape index (κ3) is 6.42. The molecule has 2 aromatic carbocycles. The highest BCUT2D eigenvalue weighted by Crippen LogP contribution is 2.29. The molecule has 0 atom stereocenters. The molecule has 0 spiro atoms. The number of aliphatic hydroxyl groups is 1. The first-order valence-corrected chi connectivity index (χ1v) is 13.2. The number of aryl methyl sites for hydroxylation is 1. The number of carbonyl (C=O) groups is 1. The minimum atomic E-state index is -1.38. The topological polar surface area (TPSA) is 159 Å². The first-order chi connectivity index (χ1) is 19.6. The number of nitrogens with zero attached hydrogens (tertiary/aromatic N) is 3. The highest BCUT2D eigenvalue weighted by molar-refractivity contribution is 6.04. The van der Waals surface area contributed by atoms with Crippen molar-refractivity contribution in [2.24, 2.45) is 16.8 Å². The number of rotatable bonds is 10. The summed E-state index contributed by atoms with van der Waals surface area (Å²) in [5.74, 6) is 12.5. The predicted molar refractivity (Wildman–Crippen MR) is 155 cm³/mol. The van der Waals surface area contributed by atoms with Crippen molar-refractivity contribution in [1.82, 2.24) is 15.0 Å². The van der Waals surface area contributed by atoms with Crippen molar-refractivity contribution in [2.45, 2.75) is 52.7 Å². The van der Waals surface area contributed by atoms with Crippen LogP contribution >= 0.6 is 0 Å². The van der Waals surface area contributed by atoms with E-state index >= 15 is 0 Å². The van der Waals surface area contributed by atoms with Crippen LogP contribution in [0, 0.1) is 0 Å². The van der Waals surface area contributed by atoms with Crippen LogP contribution in [0.4, 0.5) is 0 Å². The van der Waals surface area contributed by atoms with Crippen LogP contribution in [-0.2, 0) is 32.8 Å². The molecule has 1 aliphatic heterocycles. The average molecular weight is 561 g/mol. The number of hydrazone groups is 1. The van der Waals surface area contributed by atoms with E-state index in [0.29, 0.717) is 36.1 Å². The number of benzene rings is 2. The van der Waals surface area contributed by atoms with Crippen LogP contribution in [0.1, 0.15) is 67.2 Å². The molecule has 6 N–H and O–H groups in total. The van der Waals surface area contributed by atoms with Crippen molar-refractivity contribution in [3.63, 3.8) is 0 Å². The third-order valence-electron chi connectivity index (χ3n) is 6.58. The Kier molecular flexibility index (Phi) is 8.80. The Morgan fingerprint density at radius 1 is 1.20 bits per heavy atom. The zero-order chi connectivity index (χ0) is 29.7. The maximum Gasteiger partial charge on any atom is 0.357 e. The molecule has 41 heavy (non-hydrogen) atoms. The average Bonchev–Trinajstić information content (AvgIpc) is 3.47. The summed E-state index contributed by atoms with van der Waals surface area (Å²) < 4.78 is 18.1. The van der Waals surface area contributed by atoms with Crippen LogP contribution in [0.3, 0.4) is 0 Å². The molecule has 4 rings (SSSR count). The van der Waals surface area contributed by atoms with Crippen molar-refractivity contribution < 1.29 is 24.1 Å². The van der Waals surface area contributed by atoms with Crippen molar-refractivity contribution in [2.75, 3.05) is 6.61 Å². The van der Waals surface area contributed by atoms with Gasteiger partial charge in [-0.25, -0.2) is 15.6 Å². The van der Waals surface area contributed by atoms with Crippen molar-refractivity contribution in [1.29, 1.82) is 0 Å². The minimum absolute atomic E-state index is 0.123. The summed E-state index contributed by atoms with van der Waals surface area (Å²) in [6, 6.07) is 15.5. The monoisotopic (exact) mass is 560 g/mol. The standard InChI is InChI=1S/C30H36N6O5/c1-6-9-25-33-27(30(4,5)38)26(29(37)39-17-24-18(2)40-19(3)41-24)36(25)16-20-12-14-21(15-13-20)22-10-7-8-11-23(22)28(34-31)35-32/h7-8,10-15,38H,3,6,9,16-17,31-32H2,1-2,4-5H3,(H,34,35). The molecule has 0 saturated heterocycles. The normalized spacial score (nSPS) is 13.7. The van der Waals surface area contributed by atoms with Gasteiger partial charge in [-0.3, -0.25) is 0 Å². The number of allylic oxidation sites excluding steroid dienone is 1. The Morgan fingerprint density at radius 3 is 2.49 bits per heavy atom. The second-order valence-corrected chi connectivity index (χ2v) is 10.1. The van der Waals surface area contributed by atoms with Gasteiger partial charge in [-0.15, -0.1) is 0 Å². The van der Waals surface area contributed by atoms with E-state index in [-0.39, 0.29) is 23.9 Å². The fourth-order valence-corrected chi connectivity index (χ4v) is 4.60. The van der Waals surface area contributed by atoms with Gasteiger partial charge in [0.25, 0.3) is 5.95 Å². The molecule has 1 aromatic heterocycles. The molecule has 0 fully saturated rings. The van der Waals surface area contributed by atoms with E-state index in [9.17, 15) is 9.90 Å². The molecule has 1 aliphatic rings. The highest BCUT2D eigenvalue weighted by Gasteiger charge is 2.33. The smallest absolute Gasteiger partial charge is 0.357 e. The molecule has 0 bridgehead atoms. The van der Waals surface area contributed by atoms with Crippen LogP contribution in [0.15, 0.2) is 77.7 Å². The molecule has 3 aromatic rings. The molecule has 0 aliphatic carbocycles. The van der Waals surface area contributed by atoms with Gasteiger partial charge in [-0.05, 0) is 50.5 Å². The van der Waals surface area contributed by atoms with E-state index in [2.05, 4.69) is 17.1 Å². The molecule has 2 heterocycles. The van der Waals surface area contributed by atoms with E-state index < -0.39 is 11.6 Å². The third-order valence-corrected chi connectivity index (χ3v) is 6.58. The van der Waals surface area contributed by atoms with Gasteiger partial charge < -0.3 is 35.2 Å². The number of hydrogen-bond donors (Lipinski definition) is 4. The second kappa shape index (κ2) is 12.3. The van der Waals surface area contributed by atoms with Gasteiger partial charge in [-0.1, -0.05) is 55.5 Å². The number of hydrazine groups is 1. The Morgan fingerprint density at radius 2 is 1.90 bits per heavy atom. The maximum absolute atomic E-state index is 13.5. The maximum atomic E-state index is 13.5. The molecule has 0 amide bonds. The lowest BCUT2D eigenvalue weighted by molar-refractivity contribution is 0.0436. The van der Waals surface area contributed by atoms with Gasteiger partial charge in [0.1, 0.15) is 22.9 Å². The van der Waals surface area contributed by atoms with Crippen LogP contribution in [0.25, 0.3) is 11.1 Å². The van der Waals surface area contributed by atoms with Crippen molar-refractivity contribution in [3.8, 4) is 11.1 Å². The SMILES string of the molecule is C=C1OC(C)=C(COC(=O)c2c(C(C)(C)O)nc(CCC)n2Cc2ccc(-c3ccccc3/C(=N/N)NN)cc2)O1. The Hall–Kier alpha value is -4.61. The molecule has 0 unspecified atom stereocenters. The van der Waals surface area contributed by atoms with Gasteiger partial charge in [-0.2, -0.15) is 5.10 Å². The van der Waals surface area contributed by atoms with Crippen LogP contribution in [-0.4, -0.2) is 33.1 Å². The molecule has 0 saturated carbocycles. The number of carbonyl (C=O) groups excluding carboxylic acids is 1. The van der Waals surface area contributed by atoms with E-state index in [4.69, 9.17) is 30.9 Å². The zero-order valence-corrected chi connectivity index (χ0v) is 23.7. The van der Waals surface area contributed by atoms with Gasteiger partial charge in [0, 0.05) is 18.5 Å². The Bertz CT molecular complexity index is 1500.